The van der Waals surface area contributed by atoms with Crippen molar-refractivity contribution in [1.82, 2.24) is 4.90 Å². The molecule has 0 aliphatic carbocycles. The van der Waals surface area contributed by atoms with Crippen LogP contribution in [-0.4, -0.2) is 86.0 Å². The molecule has 0 saturated carbocycles. The molecule has 2 fully saturated rings. The molecule has 0 radical (unpaired) electrons. The molecule has 17 heteroatoms. The Bertz CT molecular complexity index is 665. The Kier molecular flexibility index (Phi) is 8.35. The van der Waals surface area contributed by atoms with E-state index in [0.717, 1.165) is 0 Å². The molecule has 0 N–H and O–H groups in total. The second kappa shape index (κ2) is 9.75. The molecule has 3 nitrogen and oxygen atoms in total. The summed E-state index contributed by atoms with van der Waals surface area (Å²) in [5.41, 5.74) is -4.87. The first-order chi connectivity index (χ1) is 15.2. The lowest BCUT2D eigenvalue weighted by Crippen LogP contribution is -2.66. The molecule has 2 aliphatic heterocycles. The van der Waals surface area contributed by atoms with E-state index in [1.807, 2.05) is 0 Å². The minimum absolute atomic E-state index is 0.191. The van der Waals surface area contributed by atoms with Crippen LogP contribution < -0.4 is 0 Å². The van der Waals surface area contributed by atoms with Crippen LogP contribution in [0, 0.1) is 5.92 Å². The van der Waals surface area contributed by atoms with E-state index in [4.69, 9.17) is 0 Å². The number of ether oxygens (including phenoxy) is 2. The number of alkyl halides is 14. The lowest BCUT2D eigenvalue weighted by Gasteiger charge is -2.45. The van der Waals surface area contributed by atoms with Crippen LogP contribution in [-0.2, 0) is 9.47 Å². The molecule has 34 heavy (non-hydrogen) atoms. The van der Waals surface area contributed by atoms with Crippen molar-refractivity contribution >= 4 is 0 Å². The molecule has 2 rings (SSSR count). The van der Waals surface area contributed by atoms with Gasteiger partial charge in [-0.05, 0) is 12.8 Å². The highest BCUT2D eigenvalue weighted by Gasteiger charge is 2.69. The number of likely N-dealkylation sites (tertiary alicyclic amines) is 1. The third-order valence-corrected chi connectivity index (χ3v) is 5.69. The first-order valence-electron chi connectivity index (χ1n) is 9.73. The molecule has 0 spiro atoms. The summed E-state index contributed by atoms with van der Waals surface area (Å²) in [5.74, 6) is -6.98. The van der Waals surface area contributed by atoms with Crippen molar-refractivity contribution in [2.24, 2.45) is 5.92 Å². The fourth-order valence-electron chi connectivity index (χ4n) is 3.74. The van der Waals surface area contributed by atoms with Crippen LogP contribution in [0.15, 0.2) is 0 Å². The second-order valence-corrected chi connectivity index (χ2v) is 8.10. The van der Waals surface area contributed by atoms with Crippen molar-refractivity contribution in [3.8, 4) is 0 Å². The minimum Gasteiger partial charge on any atom is -0.373 e. The number of hydrogen-bond donors (Lipinski definition) is 0. The van der Waals surface area contributed by atoms with Crippen molar-refractivity contribution in [2.75, 3.05) is 26.3 Å². The van der Waals surface area contributed by atoms with Gasteiger partial charge in [0.1, 0.15) is 6.10 Å². The lowest BCUT2D eigenvalue weighted by molar-refractivity contribution is -0.326. The quantitative estimate of drug-likeness (QED) is 0.330. The predicted octanol–water partition coefficient (Wildman–Crippen LogP) is 5.54. The van der Waals surface area contributed by atoms with Crippen molar-refractivity contribution in [3.05, 3.63) is 0 Å². The second-order valence-electron chi connectivity index (χ2n) is 8.10. The monoisotopic (exact) mass is 535 g/mol. The molecule has 0 aromatic heterocycles. The van der Waals surface area contributed by atoms with Crippen LogP contribution in [0.2, 0.25) is 0 Å². The third-order valence-electron chi connectivity index (χ3n) is 5.69. The van der Waals surface area contributed by atoms with E-state index in [1.165, 1.54) is 0 Å². The summed E-state index contributed by atoms with van der Waals surface area (Å²) in [6.07, 6.45) is -33.3. The van der Waals surface area contributed by atoms with Gasteiger partial charge in [-0.3, -0.25) is 4.90 Å². The van der Waals surface area contributed by atoms with E-state index < -0.39 is 106 Å². The average molecular weight is 535 g/mol. The number of halogens is 14. The molecule has 5 atom stereocenters. The highest BCUT2D eigenvalue weighted by Crippen LogP contribution is 2.46. The number of rotatable bonds is 6. The number of nitrogens with zero attached hydrogens (tertiary/aromatic N) is 1. The Hall–Kier alpha value is -1.10. The topological polar surface area (TPSA) is 21.7 Å². The van der Waals surface area contributed by atoms with E-state index in [0.29, 0.717) is 0 Å². The van der Waals surface area contributed by atoms with E-state index in [9.17, 15) is 57.1 Å². The Morgan fingerprint density at radius 1 is 0.765 bits per heavy atom. The maximum atomic E-state index is 15.1. The number of piperidine rings is 1. The maximum Gasteiger partial charge on any atom is 0.429 e. The van der Waals surface area contributed by atoms with Crippen LogP contribution in [0.3, 0.4) is 0 Å². The van der Waals surface area contributed by atoms with E-state index in [2.05, 4.69) is 9.47 Å². The molecule has 0 aromatic carbocycles. The molecule has 2 saturated heterocycles. The van der Waals surface area contributed by atoms with Gasteiger partial charge in [-0.2, -0.15) is 39.5 Å². The normalized spacial score (nSPS) is 28.4. The van der Waals surface area contributed by atoms with Crippen LogP contribution in [0.1, 0.15) is 19.3 Å². The predicted molar refractivity (Wildman–Crippen MR) is 85.1 cm³/mol. The van der Waals surface area contributed by atoms with Gasteiger partial charge in [0.15, 0.2) is 6.30 Å². The molecular weight excluding hydrogens is 516 g/mol. The minimum atomic E-state index is -6.00. The van der Waals surface area contributed by atoms with Gasteiger partial charge in [0, 0.05) is 19.5 Å². The molecule has 0 amide bonds. The summed E-state index contributed by atoms with van der Waals surface area (Å²) in [6.45, 7) is -4.66. The van der Waals surface area contributed by atoms with Crippen molar-refractivity contribution in [1.29, 1.82) is 0 Å². The van der Waals surface area contributed by atoms with Gasteiger partial charge in [-0.15, -0.1) is 0 Å². The Labute approximate surface area is 183 Å². The fraction of sp³-hybridized carbons (Fsp3) is 1.00. The zero-order valence-electron chi connectivity index (χ0n) is 16.9. The highest BCUT2D eigenvalue weighted by atomic mass is 19.4. The standard InChI is InChI=1S/C17H19F14NO2/c18-11(16(26,27)28)13(20,21)5-9-6-34-10(7-33-9)14(22,17(29,30)31)12(19)32-3-1-8(2-4-32)15(23,24)25/h8-12H,1-7H2. The summed E-state index contributed by atoms with van der Waals surface area (Å²) in [4.78, 5) is 0.191. The lowest BCUT2D eigenvalue weighted by atomic mass is 9.91. The SMILES string of the molecule is FC(C(F)(F)F)C(F)(F)CC1COC(C(F)(C(F)N2CCC(C(F)(F)F)CC2)C(F)(F)F)CO1. The van der Waals surface area contributed by atoms with Gasteiger partial charge in [0.2, 0.25) is 0 Å². The van der Waals surface area contributed by atoms with Crippen molar-refractivity contribution in [2.45, 2.75) is 74.1 Å². The Morgan fingerprint density at radius 3 is 1.68 bits per heavy atom. The fourth-order valence-corrected chi connectivity index (χ4v) is 3.74. The summed E-state index contributed by atoms with van der Waals surface area (Å²) in [5, 5.41) is 0. The summed E-state index contributed by atoms with van der Waals surface area (Å²) < 4.78 is 194. The molecule has 202 valence electrons. The van der Waals surface area contributed by atoms with Crippen molar-refractivity contribution < 1.29 is 70.9 Å². The Balaban J connectivity index is 2.08. The van der Waals surface area contributed by atoms with Gasteiger partial charge in [-0.25, -0.2) is 22.0 Å². The number of hydrogen-bond acceptors (Lipinski definition) is 3. The molecule has 5 unspecified atom stereocenters. The first-order valence-corrected chi connectivity index (χ1v) is 9.73. The van der Waals surface area contributed by atoms with Crippen molar-refractivity contribution in [3.63, 3.8) is 0 Å². The summed E-state index contributed by atoms with van der Waals surface area (Å²) in [6, 6.07) is 0. The molecule has 2 heterocycles. The smallest absolute Gasteiger partial charge is 0.373 e. The van der Waals surface area contributed by atoms with Gasteiger partial charge in [-0.1, -0.05) is 0 Å². The molecular formula is C17H19F14NO2. The van der Waals surface area contributed by atoms with Gasteiger partial charge in [0.25, 0.3) is 17.8 Å². The van der Waals surface area contributed by atoms with Crippen LogP contribution in [0.25, 0.3) is 0 Å². The summed E-state index contributed by atoms with van der Waals surface area (Å²) >= 11 is 0. The van der Waals surface area contributed by atoms with Gasteiger partial charge < -0.3 is 9.47 Å². The van der Waals surface area contributed by atoms with E-state index in [-0.39, 0.29) is 4.90 Å². The van der Waals surface area contributed by atoms with E-state index >= 15 is 4.39 Å². The first kappa shape index (κ1) is 29.1. The van der Waals surface area contributed by atoms with Crippen LogP contribution in [0.4, 0.5) is 61.5 Å². The third kappa shape index (κ3) is 6.17. The average Bonchev–Trinajstić information content (AvgIpc) is 2.70. The zero-order valence-corrected chi connectivity index (χ0v) is 16.9. The van der Waals surface area contributed by atoms with Crippen LogP contribution in [0.5, 0.6) is 0 Å². The van der Waals surface area contributed by atoms with E-state index in [1.54, 1.807) is 0 Å². The maximum absolute atomic E-state index is 15.1. The van der Waals surface area contributed by atoms with Gasteiger partial charge in [0.05, 0.1) is 25.2 Å². The molecule has 0 aromatic rings. The summed E-state index contributed by atoms with van der Waals surface area (Å²) in [7, 11) is 0. The largest absolute Gasteiger partial charge is 0.429 e. The van der Waals surface area contributed by atoms with Gasteiger partial charge >= 0.3 is 18.5 Å². The highest BCUT2D eigenvalue weighted by molar-refractivity contribution is 5.03. The Morgan fingerprint density at radius 2 is 1.29 bits per heavy atom. The molecule has 0 bridgehead atoms. The zero-order chi connectivity index (χ0) is 26.3. The van der Waals surface area contributed by atoms with Crippen LogP contribution >= 0.6 is 0 Å². The molecule has 2 aliphatic rings.